The molecule has 0 fully saturated rings. The molecule has 98 valence electrons. The maximum atomic E-state index is 11.5. The molecule has 2 N–H and O–H groups in total. The monoisotopic (exact) mass is 311 g/mol. The number of amides is 1. The molecule has 0 aliphatic heterocycles. The number of aliphatic hydroxyl groups excluding tert-OH is 1. The van der Waals surface area contributed by atoms with E-state index in [2.05, 4.69) is 21.2 Å². The third-order valence-corrected chi connectivity index (χ3v) is 3.08. The number of halogens is 1. The van der Waals surface area contributed by atoms with Crippen molar-refractivity contribution >= 4 is 27.9 Å². The van der Waals surface area contributed by atoms with Crippen LogP contribution in [0.5, 0.6) is 0 Å². The van der Waals surface area contributed by atoms with Gasteiger partial charge in [-0.3, -0.25) is 4.79 Å². The van der Waals surface area contributed by atoms with Crippen LogP contribution in [0.1, 0.15) is 19.4 Å². The molecule has 1 aromatic carbocycles. The number of hydrogen-bond acceptors (Lipinski definition) is 2. The summed E-state index contributed by atoms with van der Waals surface area (Å²) in [6.07, 6.45) is 2.70. The molecule has 0 aliphatic rings. The van der Waals surface area contributed by atoms with Gasteiger partial charge in [0.2, 0.25) is 5.91 Å². The molecule has 0 heterocycles. The van der Waals surface area contributed by atoms with Crippen molar-refractivity contribution in [2.75, 3.05) is 6.54 Å². The molecular weight excluding hydrogens is 294 g/mol. The van der Waals surface area contributed by atoms with Crippen LogP contribution in [0.2, 0.25) is 0 Å². The zero-order chi connectivity index (χ0) is 13.5. The quantitative estimate of drug-likeness (QED) is 0.821. The summed E-state index contributed by atoms with van der Waals surface area (Å²) in [6, 6.07) is 7.66. The first-order valence-electron chi connectivity index (χ1n) is 5.88. The number of nitrogens with one attached hydrogen (secondary N) is 1. The zero-order valence-electron chi connectivity index (χ0n) is 10.6. The van der Waals surface area contributed by atoms with Crippen LogP contribution >= 0.6 is 15.9 Å². The minimum absolute atomic E-state index is 0.140. The highest BCUT2D eigenvalue weighted by Crippen LogP contribution is 2.11. The number of hydrogen-bond donors (Lipinski definition) is 2. The highest BCUT2D eigenvalue weighted by atomic mass is 79.9. The van der Waals surface area contributed by atoms with Gasteiger partial charge in [-0.1, -0.05) is 41.9 Å². The second-order valence-corrected chi connectivity index (χ2v) is 5.36. The van der Waals surface area contributed by atoms with Crippen LogP contribution in [0.25, 0.3) is 6.08 Å². The Kier molecular flexibility index (Phi) is 6.09. The fourth-order valence-electron chi connectivity index (χ4n) is 1.25. The topological polar surface area (TPSA) is 49.3 Å². The van der Waals surface area contributed by atoms with Crippen LogP contribution in [-0.2, 0) is 4.79 Å². The lowest BCUT2D eigenvalue weighted by molar-refractivity contribution is -0.117. The van der Waals surface area contributed by atoms with Crippen molar-refractivity contribution < 1.29 is 9.90 Å². The Labute approximate surface area is 116 Å². The molecule has 0 aliphatic carbocycles. The molecule has 3 nitrogen and oxygen atoms in total. The van der Waals surface area contributed by atoms with E-state index in [4.69, 9.17) is 0 Å². The summed E-state index contributed by atoms with van der Waals surface area (Å²) in [5.41, 5.74) is 0.956. The Hall–Kier alpha value is -1.13. The average molecular weight is 312 g/mol. The Morgan fingerprint density at radius 1 is 1.39 bits per heavy atom. The van der Waals surface area contributed by atoms with Crippen LogP contribution in [0.3, 0.4) is 0 Å². The predicted molar refractivity (Wildman–Crippen MR) is 77.0 cm³/mol. The van der Waals surface area contributed by atoms with E-state index >= 15 is 0 Å². The summed E-state index contributed by atoms with van der Waals surface area (Å²) in [6.45, 7) is 4.10. The van der Waals surface area contributed by atoms with Gasteiger partial charge in [0.05, 0.1) is 6.10 Å². The van der Waals surface area contributed by atoms with Crippen molar-refractivity contribution in [3.05, 3.63) is 40.4 Å². The van der Waals surface area contributed by atoms with Gasteiger partial charge in [0.15, 0.2) is 0 Å². The summed E-state index contributed by atoms with van der Waals surface area (Å²) < 4.78 is 1.00. The summed E-state index contributed by atoms with van der Waals surface area (Å²) in [7, 11) is 0. The lowest BCUT2D eigenvalue weighted by Gasteiger charge is -2.13. The van der Waals surface area contributed by atoms with E-state index in [1.54, 1.807) is 6.08 Å². The van der Waals surface area contributed by atoms with E-state index in [9.17, 15) is 9.90 Å². The van der Waals surface area contributed by atoms with Crippen molar-refractivity contribution in [3.8, 4) is 0 Å². The summed E-state index contributed by atoms with van der Waals surface area (Å²) in [5.74, 6) is -0.0571. The standard InChI is InChI=1S/C14H18BrNO2/c1-10(2)13(17)9-16-14(18)8-5-11-3-6-12(15)7-4-11/h3-8,10,13,17H,9H2,1-2H3,(H,16,18)/b8-5+. The second-order valence-electron chi connectivity index (χ2n) is 4.44. The van der Waals surface area contributed by atoms with Crippen molar-refractivity contribution in [2.45, 2.75) is 20.0 Å². The van der Waals surface area contributed by atoms with Gasteiger partial charge in [0.25, 0.3) is 0 Å². The molecule has 1 amide bonds. The molecule has 0 spiro atoms. The molecule has 0 radical (unpaired) electrons. The summed E-state index contributed by atoms with van der Waals surface area (Å²) in [4.78, 5) is 11.5. The highest BCUT2D eigenvalue weighted by Gasteiger charge is 2.09. The van der Waals surface area contributed by atoms with Crippen molar-refractivity contribution in [2.24, 2.45) is 5.92 Å². The molecule has 0 saturated carbocycles. The van der Waals surface area contributed by atoms with E-state index in [-0.39, 0.29) is 18.4 Å². The number of rotatable bonds is 5. The molecule has 0 aromatic heterocycles. The maximum Gasteiger partial charge on any atom is 0.244 e. The third kappa shape index (κ3) is 5.47. The minimum atomic E-state index is -0.505. The van der Waals surface area contributed by atoms with E-state index in [1.165, 1.54) is 6.08 Å². The predicted octanol–water partition coefficient (Wildman–Crippen LogP) is 2.60. The van der Waals surface area contributed by atoms with Gasteiger partial charge in [-0.15, -0.1) is 0 Å². The molecule has 1 atom stereocenters. The third-order valence-electron chi connectivity index (χ3n) is 2.55. The first kappa shape index (κ1) is 14.9. The lowest BCUT2D eigenvalue weighted by atomic mass is 10.1. The molecule has 1 rings (SSSR count). The van der Waals surface area contributed by atoms with Gasteiger partial charge in [0, 0.05) is 17.1 Å². The SMILES string of the molecule is CC(C)C(O)CNC(=O)/C=C/c1ccc(Br)cc1. The van der Waals surface area contributed by atoms with Crippen LogP contribution in [0.4, 0.5) is 0 Å². The fraction of sp³-hybridized carbons (Fsp3) is 0.357. The Morgan fingerprint density at radius 2 is 2.00 bits per heavy atom. The molecule has 1 aromatic rings. The summed E-state index contributed by atoms with van der Waals surface area (Å²) >= 11 is 3.35. The molecule has 1 unspecified atom stereocenters. The first-order valence-corrected chi connectivity index (χ1v) is 6.68. The van der Waals surface area contributed by atoms with Crippen LogP contribution in [0.15, 0.2) is 34.8 Å². The van der Waals surface area contributed by atoms with Crippen molar-refractivity contribution in [3.63, 3.8) is 0 Å². The minimum Gasteiger partial charge on any atom is -0.391 e. The zero-order valence-corrected chi connectivity index (χ0v) is 12.1. The van der Waals surface area contributed by atoms with E-state index in [1.807, 2.05) is 38.1 Å². The van der Waals surface area contributed by atoms with Crippen molar-refractivity contribution in [1.29, 1.82) is 0 Å². The molecule has 0 saturated heterocycles. The second kappa shape index (κ2) is 7.34. The number of aliphatic hydroxyl groups is 1. The average Bonchev–Trinajstić information content (AvgIpc) is 2.35. The van der Waals surface area contributed by atoms with E-state index in [0.717, 1.165) is 10.0 Å². The van der Waals surface area contributed by atoms with Crippen LogP contribution < -0.4 is 5.32 Å². The Morgan fingerprint density at radius 3 is 2.56 bits per heavy atom. The molecule has 4 heteroatoms. The van der Waals surface area contributed by atoms with Gasteiger partial charge in [-0.2, -0.15) is 0 Å². The largest absolute Gasteiger partial charge is 0.391 e. The Bertz CT molecular complexity index is 412. The number of benzene rings is 1. The maximum absolute atomic E-state index is 11.5. The number of carbonyl (C=O) groups is 1. The van der Waals surface area contributed by atoms with Crippen molar-refractivity contribution in [1.82, 2.24) is 5.32 Å². The van der Waals surface area contributed by atoms with Gasteiger partial charge in [0.1, 0.15) is 0 Å². The van der Waals surface area contributed by atoms with Gasteiger partial charge >= 0.3 is 0 Å². The van der Waals surface area contributed by atoms with E-state index < -0.39 is 6.10 Å². The van der Waals surface area contributed by atoms with E-state index in [0.29, 0.717) is 0 Å². The van der Waals surface area contributed by atoms with Crippen LogP contribution in [-0.4, -0.2) is 23.7 Å². The van der Waals surface area contributed by atoms with Gasteiger partial charge in [-0.05, 0) is 29.7 Å². The van der Waals surface area contributed by atoms with Gasteiger partial charge in [-0.25, -0.2) is 0 Å². The highest BCUT2D eigenvalue weighted by molar-refractivity contribution is 9.10. The van der Waals surface area contributed by atoms with Crippen LogP contribution in [0, 0.1) is 5.92 Å². The molecule has 18 heavy (non-hydrogen) atoms. The first-order chi connectivity index (χ1) is 8.49. The smallest absolute Gasteiger partial charge is 0.244 e. The fourth-order valence-corrected chi connectivity index (χ4v) is 1.51. The lowest BCUT2D eigenvalue weighted by Crippen LogP contribution is -2.33. The Balaban J connectivity index is 2.42. The molecule has 0 bridgehead atoms. The normalized spacial score (nSPS) is 12.9. The molecular formula is C14H18BrNO2. The van der Waals surface area contributed by atoms with Gasteiger partial charge < -0.3 is 10.4 Å². The number of carbonyl (C=O) groups excluding carboxylic acids is 1. The summed E-state index contributed by atoms with van der Waals surface area (Å²) in [5, 5.41) is 12.2.